The number of nitrogens with zero attached hydrogens (tertiary/aromatic N) is 2. The van der Waals surface area contributed by atoms with Gasteiger partial charge in [0.05, 0.1) is 5.69 Å². The zero-order valence-corrected chi connectivity index (χ0v) is 16.2. The van der Waals surface area contributed by atoms with E-state index < -0.39 is 0 Å². The van der Waals surface area contributed by atoms with Gasteiger partial charge in [0, 0.05) is 32.0 Å². The molecular weight excluding hydrogens is 363 g/mol. The lowest BCUT2D eigenvalue weighted by Crippen LogP contribution is -2.22. The van der Waals surface area contributed by atoms with Crippen LogP contribution in [0.2, 0.25) is 0 Å². The number of anilines is 3. The number of carbonyl (C=O) groups is 1. The Bertz CT molecular complexity index is 920. The average Bonchev–Trinajstić information content (AvgIpc) is 3.02. The van der Waals surface area contributed by atoms with Gasteiger partial charge in [-0.25, -0.2) is 9.37 Å². The number of aromatic nitrogens is 1. The van der Waals surface area contributed by atoms with Crippen LogP contribution in [0.15, 0.2) is 48.5 Å². The maximum atomic E-state index is 13.0. The molecule has 140 valence electrons. The minimum absolute atomic E-state index is 0.158. The van der Waals surface area contributed by atoms with Gasteiger partial charge in [0.15, 0.2) is 5.13 Å². The molecule has 0 aliphatic carbocycles. The molecule has 1 amide bonds. The standard InChI is InChI=1S/C20H21FN4OS/c1-13-18(27-20(23-13)24-16-8-6-15(21)7-9-16)19(26)22-12-14-4-10-17(11-5-14)25(2)3/h4-11H,12H2,1-3H3,(H,22,26)(H,23,24). The Balaban J connectivity index is 1.62. The van der Waals surface area contributed by atoms with Crippen molar-refractivity contribution in [3.63, 3.8) is 0 Å². The van der Waals surface area contributed by atoms with Crippen LogP contribution in [0.1, 0.15) is 20.9 Å². The summed E-state index contributed by atoms with van der Waals surface area (Å²) in [7, 11) is 3.97. The van der Waals surface area contributed by atoms with E-state index in [1.807, 2.05) is 43.3 Å². The van der Waals surface area contributed by atoms with Crippen molar-refractivity contribution in [2.75, 3.05) is 24.3 Å². The van der Waals surface area contributed by atoms with Crippen LogP contribution in [0.25, 0.3) is 0 Å². The second-order valence-corrected chi connectivity index (χ2v) is 7.31. The summed E-state index contributed by atoms with van der Waals surface area (Å²) in [4.78, 5) is 19.5. The van der Waals surface area contributed by atoms with E-state index in [0.717, 1.165) is 16.9 Å². The fourth-order valence-corrected chi connectivity index (χ4v) is 3.39. The molecule has 1 heterocycles. The first kappa shape index (κ1) is 18.8. The van der Waals surface area contributed by atoms with E-state index in [4.69, 9.17) is 0 Å². The zero-order chi connectivity index (χ0) is 19.4. The van der Waals surface area contributed by atoms with E-state index in [9.17, 15) is 9.18 Å². The fourth-order valence-electron chi connectivity index (χ4n) is 2.49. The van der Waals surface area contributed by atoms with Crippen LogP contribution in [0.3, 0.4) is 0 Å². The number of halogens is 1. The summed E-state index contributed by atoms with van der Waals surface area (Å²) in [5, 5.41) is 6.62. The van der Waals surface area contributed by atoms with E-state index in [1.165, 1.54) is 23.5 Å². The van der Waals surface area contributed by atoms with E-state index >= 15 is 0 Å². The fraction of sp³-hybridized carbons (Fsp3) is 0.200. The lowest BCUT2D eigenvalue weighted by atomic mass is 10.2. The predicted octanol–water partition coefficient (Wildman–Crippen LogP) is 4.33. The molecule has 5 nitrogen and oxygen atoms in total. The van der Waals surface area contributed by atoms with Gasteiger partial charge in [0.1, 0.15) is 10.7 Å². The second-order valence-electron chi connectivity index (χ2n) is 6.31. The SMILES string of the molecule is Cc1nc(Nc2ccc(F)cc2)sc1C(=O)NCc1ccc(N(C)C)cc1. The number of hydrogen-bond acceptors (Lipinski definition) is 5. The molecular formula is C20H21FN4OS. The highest BCUT2D eigenvalue weighted by molar-refractivity contribution is 7.17. The number of rotatable bonds is 6. The Morgan fingerprint density at radius 1 is 1.11 bits per heavy atom. The van der Waals surface area contributed by atoms with Crippen molar-refractivity contribution in [2.24, 2.45) is 0 Å². The summed E-state index contributed by atoms with van der Waals surface area (Å²) < 4.78 is 13.0. The minimum Gasteiger partial charge on any atom is -0.378 e. The predicted molar refractivity (Wildman–Crippen MR) is 108 cm³/mol. The average molecular weight is 384 g/mol. The zero-order valence-electron chi connectivity index (χ0n) is 15.4. The number of carbonyl (C=O) groups excluding carboxylic acids is 1. The summed E-state index contributed by atoms with van der Waals surface area (Å²) in [6.07, 6.45) is 0. The molecule has 0 fully saturated rings. The third-order valence-corrected chi connectivity index (χ3v) is 5.08. The van der Waals surface area contributed by atoms with Crippen LogP contribution in [0.5, 0.6) is 0 Å². The highest BCUT2D eigenvalue weighted by Gasteiger charge is 2.15. The molecule has 0 unspecified atom stereocenters. The van der Waals surface area contributed by atoms with Crippen molar-refractivity contribution in [1.82, 2.24) is 10.3 Å². The first-order valence-corrected chi connectivity index (χ1v) is 9.28. The van der Waals surface area contributed by atoms with Crippen molar-refractivity contribution in [1.29, 1.82) is 0 Å². The topological polar surface area (TPSA) is 57.3 Å². The Morgan fingerprint density at radius 3 is 2.41 bits per heavy atom. The van der Waals surface area contributed by atoms with E-state index in [2.05, 4.69) is 15.6 Å². The van der Waals surface area contributed by atoms with Gasteiger partial charge >= 0.3 is 0 Å². The van der Waals surface area contributed by atoms with Crippen molar-refractivity contribution in [3.05, 3.63) is 70.5 Å². The molecule has 2 N–H and O–H groups in total. The van der Waals surface area contributed by atoms with Crippen LogP contribution in [-0.2, 0) is 6.54 Å². The largest absolute Gasteiger partial charge is 0.378 e. The number of thiazole rings is 1. The van der Waals surface area contributed by atoms with Gasteiger partial charge in [-0.1, -0.05) is 23.5 Å². The van der Waals surface area contributed by atoms with Gasteiger partial charge in [-0.05, 0) is 48.9 Å². The van der Waals surface area contributed by atoms with Gasteiger partial charge in [0.2, 0.25) is 0 Å². The molecule has 0 bridgehead atoms. The quantitative estimate of drug-likeness (QED) is 0.664. The third-order valence-electron chi connectivity index (χ3n) is 4.00. The minimum atomic E-state index is -0.297. The van der Waals surface area contributed by atoms with Gasteiger partial charge in [-0.2, -0.15) is 0 Å². The normalized spacial score (nSPS) is 10.5. The molecule has 1 aromatic heterocycles. The number of aryl methyl sites for hydroxylation is 1. The maximum Gasteiger partial charge on any atom is 0.263 e. The molecule has 2 aromatic carbocycles. The molecule has 0 atom stereocenters. The molecule has 0 aliphatic rings. The van der Waals surface area contributed by atoms with Crippen LogP contribution < -0.4 is 15.5 Å². The van der Waals surface area contributed by atoms with Crippen molar-refractivity contribution in [2.45, 2.75) is 13.5 Å². The summed E-state index contributed by atoms with van der Waals surface area (Å²) in [5.74, 6) is -0.455. The van der Waals surface area contributed by atoms with Crippen LogP contribution in [0, 0.1) is 12.7 Å². The molecule has 3 rings (SSSR count). The Kier molecular flexibility index (Phi) is 5.71. The molecule has 3 aromatic rings. The van der Waals surface area contributed by atoms with Gasteiger partial charge < -0.3 is 15.5 Å². The number of benzene rings is 2. The molecule has 0 saturated heterocycles. The third kappa shape index (κ3) is 4.83. The first-order valence-electron chi connectivity index (χ1n) is 8.47. The lowest BCUT2D eigenvalue weighted by Gasteiger charge is -2.12. The van der Waals surface area contributed by atoms with Crippen LogP contribution >= 0.6 is 11.3 Å². The van der Waals surface area contributed by atoms with Gasteiger partial charge in [-0.3, -0.25) is 4.79 Å². The highest BCUT2D eigenvalue weighted by Crippen LogP contribution is 2.26. The van der Waals surface area contributed by atoms with Crippen molar-refractivity contribution >= 4 is 33.8 Å². The lowest BCUT2D eigenvalue weighted by molar-refractivity contribution is 0.0954. The number of hydrogen-bond donors (Lipinski definition) is 2. The Hall–Kier alpha value is -2.93. The molecule has 0 saturated carbocycles. The first-order chi connectivity index (χ1) is 12.9. The summed E-state index contributed by atoms with van der Waals surface area (Å²) in [5.41, 5.74) is 3.52. The van der Waals surface area contributed by atoms with Crippen LogP contribution in [0.4, 0.5) is 20.9 Å². The molecule has 0 aliphatic heterocycles. The van der Waals surface area contributed by atoms with E-state index in [0.29, 0.717) is 22.2 Å². The smallest absolute Gasteiger partial charge is 0.263 e. The Labute approximate surface area is 161 Å². The number of amides is 1. The molecule has 7 heteroatoms. The maximum absolute atomic E-state index is 13.0. The monoisotopic (exact) mass is 384 g/mol. The van der Waals surface area contributed by atoms with E-state index in [-0.39, 0.29) is 11.7 Å². The summed E-state index contributed by atoms with van der Waals surface area (Å²) in [6, 6.07) is 14.0. The second kappa shape index (κ2) is 8.18. The summed E-state index contributed by atoms with van der Waals surface area (Å²) in [6.45, 7) is 2.25. The van der Waals surface area contributed by atoms with Crippen LogP contribution in [-0.4, -0.2) is 25.0 Å². The molecule has 27 heavy (non-hydrogen) atoms. The van der Waals surface area contributed by atoms with Crippen molar-refractivity contribution in [3.8, 4) is 0 Å². The van der Waals surface area contributed by atoms with E-state index in [1.54, 1.807) is 19.1 Å². The molecule has 0 radical (unpaired) electrons. The van der Waals surface area contributed by atoms with Gasteiger partial charge in [0.25, 0.3) is 5.91 Å². The van der Waals surface area contributed by atoms with Gasteiger partial charge in [-0.15, -0.1) is 0 Å². The Morgan fingerprint density at radius 2 is 1.78 bits per heavy atom. The molecule has 0 spiro atoms. The number of nitrogens with one attached hydrogen (secondary N) is 2. The van der Waals surface area contributed by atoms with Crippen molar-refractivity contribution < 1.29 is 9.18 Å². The summed E-state index contributed by atoms with van der Waals surface area (Å²) >= 11 is 1.27. The highest BCUT2D eigenvalue weighted by atomic mass is 32.1.